The normalized spacial score (nSPS) is 14.8. The lowest BCUT2D eigenvalue weighted by atomic mass is 10.2. The van der Waals surface area contributed by atoms with Crippen LogP contribution in [0.1, 0.15) is 40.5 Å². The number of methoxy groups -OCH3 is 2. The Kier molecular flexibility index (Phi) is 6.70. The Bertz CT molecular complexity index is 1080. The maximum absolute atomic E-state index is 12.7. The number of carbonyl (C=O) groups excluding carboxylic acids is 1. The molecule has 8 nitrogen and oxygen atoms in total. The van der Waals surface area contributed by atoms with Crippen LogP contribution in [0.3, 0.4) is 0 Å². The highest BCUT2D eigenvalue weighted by atomic mass is 16.5. The van der Waals surface area contributed by atoms with Gasteiger partial charge in [-0.05, 0) is 31.2 Å². The summed E-state index contributed by atoms with van der Waals surface area (Å²) in [5.41, 5.74) is 1.72. The lowest BCUT2D eigenvalue weighted by Gasteiger charge is -2.21. The summed E-state index contributed by atoms with van der Waals surface area (Å²) in [7, 11) is 3.29. The standard InChI is InChI=1S/C24H29N5O3/c1-17(25-24(30)18-8-6-9-20(15-18)31-2)23-27-26-22-11-12-28(13-14-29(22)23)16-19-7-4-5-10-21(19)32-3/h4-10,15,17H,11-14,16H2,1-3H3,(H,25,30)/t17-/m1/s1. The predicted molar refractivity (Wildman–Crippen MR) is 121 cm³/mol. The summed E-state index contributed by atoms with van der Waals surface area (Å²) >= 11 is 0. The fourth-order valence-corrected chi connectivity index (χ4v) is 4.05. The molecule has 1 aliphatic heterocycles. The molecule has 0 saturated carbocycles. The molecule has 1 aliphatic rings. The van der Waals surface area contributed by atoms with Crippen molar-refractivity contribution in [3.05, 3.63) is 71.3 Å². The number of amides is 1. The number of hydrogen-bond donors (Lipinski definition) is 1. The number of aromatic nitrogens is 3. The first kappa shape index (κ1) is 21.8. The van der Waals surface area contributed by atoms with Crippen molar-refractivity contribution in [1.82, 2.24) is 25.0 Å². The predicted octanol–water partition coefficient (Wildman–Crippen LogP) is 2.84. The molecule has 1 aromatic heterocycles. The first-order valence-electron chi connectivity index (χ1n) is 10.8. The molecule has 4 rings (SSSR count). The van der Waals surface area contributed by atoms with Crippen molar-refractivity contribution in [1.29, 1.82) is 0 Å². The monoisotopic (exact) mass is 435 g/mol. The molecule has 8 heteroatoms. The maximum Gasteiger partial charge on any atom is 0.251 e. The van der Waals surface area contributed by atoms with E-state index in [0.717, 1.165) is 50.0 Å². The molecule has 168 valence electrons. The van der Waals surface area contributed by atoms with Crippen LogP contribution in [0.5, 0.6) is 11.5 Å². The Morgan fingerprint density at radius 3 is 2.72 bits per heavy atom. The fraction of sp³-hybridized carbons (Fsp3) is 0.375. The largest absolute Gasteiger partial charge is 0.497 e. The smallest absolute Gasteiger partial charge is 0.251 e. The molecule has 0 bridgehead atoms. The molecule has 0 saturated heterocycles. The quantitative estimate of drug-likeness (QED) is 0.615. The van der Waals surface area contributed by atoms with Gasteiger partial charge < -0.3 is 19.4 Å². The molecule has 3 aromatic rings. The van der Waals surface area contributed by atoms with Gasteiger partial charge in [0.1, 0.15) is 17.3 Å². The molecule has 0 fully saturated rings. The Hall–Kier alpha value is -3.39. The van der Waals surface area contributed by atoms with Gasteiger partial charge in [-0.2, -0.15) is 0 Å². The second kappa shape index (κ2) is 9.82. The Labute approximate surface area is 188 Å². The highest BCUT2D eigenvalue weighted by Gasteiger charge is 2.23. The van der Waals surface area contributed by atoms with Crippen LogP contribution < -0.4 is 14.8 Å². The van der Waals surface area contributed by atoms with Crippen molar-refractivity contribution in [2.45, 2.75) is 32.5 Å². The number of nitrogens with one attached hydrogen (secondary N) is 1. The van der Waals surface area contributed by atoms with Gasteiger partial charge in [-0.25, -0.2) is 0 Å². The lowest BCUT2D eigenvalue weighted by molar-refractivity contribution is 0.0937. The van der Waals surface area contributed by atoms with E-state index in [1.807, 2.05) is 31.2 Å². The molecule has 0 aliphatic carbocycles. The minimum absolute atomic E-state index is 0.167. The van der Waals surface area contributed by atoms with Gasteiger partial charge >= 0.3 is 0 Å². The molecule has 1 amide bonds. The molecule has 1 atom stereocenters. The summed E-state index contributed by atoms with van der Waals surface area (Å²) in [4.78, 5) is 15.1. The number of benzene rings is 2. The summed E-state index contributed by atoms with van der Waals surface area (Å²) in [5, 5.41) is 11.8. The number of carbonyl (C=O) groups is 1. The van der Waals surface area contributed by atoms with Crippen molar-refractivity contribution in [2.75, 3.05) is 27.3 Å². The molecule has 0 unspecified atom stereocenters. The van der Waals surface area contributed by atoms with Gasteiger partial charge in [-0.3, -0.25) is 9.69 Å². The third kappa shape index (κ3) is 4.75. The van der Waals surface area contributed by atoms with Gasteiger partial charge in [-0.1, -0.05) is 24.3 Å². The summed E-state index contributed by atoms with van der Waals surface area (Å²) in [6.07, 6.45) is 0.804. The Morgan fingerprint density at radius 1 is 1.06 bits per heavy atom. The molecule has 0 spiro atoms. The van der Waals surface area contributed by atoms with E-state index >= 15 is 0 Å². The zero-order chi connectivity index (χ0) is 22.5. The van der Waals surface area contributed by atoms with Crippen LogP contribution in [0.15, 0.2) is 48.5 Å². The molecule has 32 heavy (non-hydrogen) atoms. The highest BCUT2D eigenvalue weighted by Crippen LogP contribution is 2.22. The van der Waals surface area contributed by atoms with Crippen LogP contribution in [0.25, 0.3) is 0 Å². The Morgan fingerprint density at radius 2 is 1.91 bits per heavy atom. The van der Waals surface area contributed by atoms with Gasteiger partial charge in [0.2, 0.25) is 0 Å². The van der Waals surface area contributed by atoms with Crippen LogP contribution >= 0.6 is 0 Å². The summed E-state index contributed by atoms with van der Waals surface area (Å²) < 4.78 is 12.9. The van der Waals surface area contributed by atoms with E-state index in [1.54, 1.807) is 32.4 Å². The van der Waals surface area contributed by atoms with E-state index in [-0.39, 0.29) is 11.9 Å². The first-order valence-corrected chi connectivity index (χ1v) is 10.8. The van der Waals surface area contributed by atoms with Gasteiger partial charge in [0.05, 0.1) is 20.3 Å². The van der Waals surface area contributed by atoms with Crippen LogP contribution in [0, 0.1) is 0 Å². The van der Waals surface area contributed by atoms with Crippen molar-refractivity contribution in [3.8, 4) is 11.5 Å². The van der Waals surface area contributed by atoms with Gasteiger partial charge in [0, 0.05) is 43.7 Å². The van der Waals surface area contributed by atoms with E-state index in [9.17, 15) is 4.79 Å². The summed E-state index contributed by atoms with van der Waals surface area (Å²) in [6.45, 7) is 5.28. The van der Waals surface area contributed by atoms with Gasteiger partial charge in [0.15, 0.2) is 5.82 Å². The second-order valence-electron chi connectivity index (χ2n) is 7.89. The zero-order valence-corrected chi connectivity index (χ0v) is 18.7. The number of nitrogens with zero attached hydrogens (tertiary/aromatic N) is 4. The lowest BCUT2D eigenvalue weighted by Crippen LogP contribution is -2.30. The van der Waals surface area contributed by atoms with E-state index in [0.29, 0.717) is 11.3 Å². The first-order chi connectivity index (χ1) is 15.6. The minimum Gasteiger partial charge on any atom is -0.497 e. The second-order valence-corrected chi connectivity index (χ2v) is 7.89. The van der Waals surface area contributed by atoms with Crippen LogP contribution in [0.2, 0.25) is 0 Å². The number of hydrogen-bond acceptors (Lipinski definition) is 6. The maximum atomic E-state index is 12.7. The van der Waals surface area contributed by atoms with Crippen LogP contribution in [-0.4, -0.2) is 52.9 Å². The van der Waals surface area contributed by atoms with E-state index in [4.69, 9.17) is 9.47 Å². The van der Waals surface area contributed by atoms with E-state index < -0.39 is 0 Å². The van der Waals surface area contributed by atoms with E-state index in [1.165, 1.54) is 5.56 Å². The molecular formula is C24H29N5O3. The third-order valence-electron chi connectivity index (χ3n) is 5.80. The van der Waals surface area contributed by atoms with Crippen molar-refractivity contribution < 1.29 is 14.3 Å². The third-order valence-corrected chi connectivity index (χ3v) is 5.80. The van der Waals surface area contributed by atoms with E-state index in [2.05, 4.69) is 31.0 Å². The average molecular weight is 436 g/mol. The van der Waals surface area contributed by atoms with Crippen molar-refractivity contribution in [2.24, 2.45) is 0 Å². The number of fused-ring (bicyclic) bond motifs is 1. The average Bonchev–Trinajstić information content (AvgIpc) is 3.13. The number of para-hydroxylation sites is 1. The number of rotatable bonds is 7. The molecule has 2 aromatic carbocycles. The number of ether oxygens (including phenoxy) is 2. The van der Waals surface area contributed by atoms with Crippen molar-refractivity contribution in [3.63, 3.8) is 0 Å². The summed E-state index contributed by atoms with van der Waals surface area (Å²) in [6, 6.07) is 15.0. The van der Waals surface area contributed by atoms with Crippen LogP contribution in [0.4, 0.5) is 0 Å². The zero-order valence-electron chi connectivity index (χ0n) is 18.7. The van der Waals surface area contributed by atoms with Crippen LogP contribution in [-0.2, 0) is 19.5 Å². The molecule has 1 N–H and O–H groups in total. The SMILES string of the molecule is COc1cccc(C(=O)N[C@H](C)c2nnc3n2CCN(Cc2ccccc2OC)CC3)c1. The van der Waals surface area contributed by atoms with Gasteiger partial charge in [0.25, 0.3) is 5.91 Å². The molecular weight excluding hydrogens is 406 g/mol. The highest BCUT2D eigenvalue weighted by molar-refractivity contribution is 5.94. The summed E-state index contributed by atoms with van der Waals surface area (Å²) in [5.74, 6) is 3.11. The fourth-order valence-electron chi connectivity index (χ4n) is 4.05. The minimum atomic E-state index is -0.268. The molecule has 0 radical (unpaired) electrons. The topological polar surface area (TPSA) is 81.5 Å². The Balaban J connectivity index is 1.43. The van der Waals surface area contributed by atoms with Gasteiger partial charge in [-0.15, -0.1) is 10.2 Å². The van der Waals surface area contributed by atoms with Crippen molar-refractivity contribution >= 4 is 5.91 Å². The molecule has 2 heterocycles.